The van der Waals surface area contributed by atoms with E-state index in [0.29, 0.717) is 13.0 Å². The van der Waals surface area contributed by atoms with E-state index in [9.17, 15) is 13.6 Å². The molecule has 0 aliphatic rings. The molecule has 1 amide bonds. The Morgan fingerprint density at radius 3 is 2.63 bits per heavy atom. The Kier molecular flexibility index (Phi) is 6.18. The molecule has 0 saturated carbocycles. The van der Waals surface area contributed by atoms with Crippen LogP contribution in [0.25, 0.3) is 0 Å². The summed E-state index contributed by atoms with van der Waals surface area (Å²) >= 11 is 5.70. The molecule has 0 bridgehead atoms. The monoisotopic (exact) mass is 291 g/mol. The standard InChI is InChI=1S/C13H16ClF2NO2/c1-2-8(3-4-18)7-17-13(19)9-5-11(15)12(16)6-10(9)14/h5-6,8,18H,2-4,7H2,1H3,(H,17,19). The molecule has 0 radical (unpaired) electrons. The van der Waals surface area contributed by atoms with Crippen LogP contribution in [0.1, 0.15) is 30.1 Å². The summed E-state index contributed by atoms with van der Waals surface area (Å²) in [6.45, 7) is 2.34. The molecule has 0 aliphatic heterocycles. The van der Waals surface area contributed by atoms with E-state index in [-0.39, 0.29) is 23.1 Å². The van der Waals surface area contributed by atoms with Crippen molar-refractivity contribution in [1.82, 2.24) is 5.32 Å². The average Bonchev–Trinajstić information content (AvgIpc) is 2.38. The largest absolute Gasteiger partial charge is 0.396 e. The fourth-order valence-electron chi connectivity index (χ4n) is 1.66. The van der Waals surface area contributed by atoms with E-state index in [1.165, 1.54) is 0 Å². The Morgan fingerprint density at radius 2 is 2.05 bits per heavy atom. The minimum absolute atomic E-state index is 0.0420. The quantitative estimate of drug-likeness (QED) is 0.792. The summed E-state index contributed by atoms with van der Waals surface area (Å²) in [4.78, 5) is 11.8. The van der Waals surface area contributed by atoms with Crippen LogP contribution in [-0.4, -0.2) is 24.2 Å². The number of hydrogen-bond donors (Lipinski definition) is 2. The molecule has 0 heterocycles. The minimum atomic E-state index is -1.11. The van der Waals surface area contributed by atoms with Gasteiger partial charge in [-0.25, -0.2) is 8.78 Å². The molecule has 1 rings (SSSR count). The second-order valence-electron chi connectivity index (χ2n) is 4.24. The van der Waals surface area contributed by atoms with E-state index in [0.717, 1.165) is 18.6 Å². The van der Waals surface area contributed by atoms with Crippen LogP contribution in [0, 0.1) is 17.6 Å². The maximum atomic E-state index is 13.1. The molecule has 2 N–H and O–H groups in total. The highest BCUT2D eigenvalue weighted by Crippen LogP contribution is 2.20. The van der Waals surface area contributed by atoms with Crippen molar-refractivity contribution in [1.29, 1.82) is 0 Å². The van der Waals surface area contributed by atoms with Gasteiger partial charge in [-0.3, -0.25) is 4.79 Å². The maximum Gasteiger partial charge on any atom is 0.252 e. The number of hydrogen-bond acceptors (Lipinski definition) is 2. The molecule has 1 aromatic rings. The highest BCUT2D eigenvalue weighted by Gasteiger charge is 2.16. The Hall–Kier alpha value is -1.20. The van der Waals surface area contributed by atoms with Crippen LogP contribution in [-0.2, 0) is 0 Å². The van der Waals surface area contributed by atoms with Gasteiger partial charge in [0.15, 0.2) is 11.6 Å². The summed E-state index contributed by atoms with van der Waals surface area (Å²) in [7, 11) is 0. The van der Waals surface area contributed by atoms with E-state index >= 15 is 0 Å². The molecule has 0 aliphatic carbocycles. The number of rotatable bonds is 6. The molecule has 0 saturated heterocycles. The first-order chi connectivity index (χ1) is 8.99. The number of carbonyl (C=O) groups excluding carboxylic acids is 1. The number of halogens is 3. The van der Waals surface area contributed by atoms with Crippen LogP contribution in [0.15, 0.2) is 12.1 Å². The van der Waals surface area contributed by atoms with Crippen molar-refractivity contribution in [3.8, 4) is 0 Å². The zero-order chi connectivity index (χ0) is 14.4. The molecule has 1 unspecified atom stereocenters. The Bertz CT molecular complexity index is 455. The number of aliphatic hydroxyl groups is 1. The summed E-state index contributed by atoms with van der Waals surface area (Å²) in [5.74, 6) is -2.62. The van der Waals surface area contributed by atoms with Gasteiger partial charge in [-0.1, -0.05) is 24.9 Å². The molecule has 3 nitrogen and oxygen atoms in total. The minimum Gasteiger partial charge on any atom is -0.396 e. The van der Waals surface area contributed by atoms with Gasteiger partial charge in [0, 0.05) is 13.2 Å². The number of aliphatic hydroxyl groups excluding tert-OH is 1. The summed E-state index contributed by atoms with van der Waals surface area (Å²) in [5, 5.41) is 11.3. The average molecular weight is 292 g/mol. The fraction of sp³-hybridized carbons (Fsp3) is 0.462. The van der Waals surface area contributed by atoms with Crippen molar-refractivity contribution < 1.29 is 18.7 Å². The van der Waals surface area contributed by atoms with Gasteiger partial charge in [0.1, 0.15) is 0 Å². The summed E-state index contributed by atoms with van der Waals surface area (Å²) in [5.41, 5.74) is -0.0978. The van der Waals surface area contributed by atoms with E-state index in [1.54, 1.807) is 0 Å². The maximum absolute atomic E-state index is 13.1. The lowest BCUT2D eigenvalue weighted by molar-refractivity contribution is 0.0943. The van der Waals surface area contributed by atoms with E-state index in [1.807, 2.05) is 6.92 Å². The first-order valence-corrected chi connectivity index (χ1v) is 6.41. The molecule has 6 heteroatoms. The topological polar surface area (TPSA) is 49.3 Å². The highest BCUT2D eigenvalue weighted by molar-refractivity contribution is 6.33. The molecule has 106 valence electrons. The van der Waals surface area contributed by atoms with Gasteiger partial charge < -0.3 is 10.4 Å². The van der Waals surface area contributed by atoms with Crippen molar-refractivity contribution in [3.05, 3.63) is 34.4 Å². The molecule has 1 atom stereocenters. The van der Waals surface area contributed by atoms with Crippen LogP contribution in [0.4, 0.5) is 8.78 Å². The SMILES string of the molecule is CCC(CCO)CNC(=O)c1cc(F)c(F)cc1Cl. The van der Waals surface area contributed by atoms with Crippen LogP contribution in [0.5, 0.6) is 0 Å². The third-order valence-electron chi connectivity index (χ3n) is 2.92. The van der Waals surface area contributed by atoms with Gasteiger partial charge >= 0.3 is 0 Å². The normalized spacial score (nSPS) is 12.3. The smallest absolute Gasteiger partial charge is 0.252 e. The summed E-state index contributed by atoms with van der Waals surface area (Å²) < 4.78 is 25.9. The third-order valence-corrected chi connectivity index (χ3v) is 3.23. The van der Waals surface area contributed by atoms with Crippen LogP contribution >= 0.6 is 11.6 Å². The first-order valence-electron chi connectivity index (χ1n) is 6.03. The highest BCUT2D eigenvalue weighted by atomic mass is 35.5. The van der Waals surface area contributed by atoms with Gasteiger partial charge in [0.25, 0.3) is 5.91 Å². The first kappa shape index (κ1) is 15.9. The summed E-state index contributed by atoms with van der Waals surface area (Å²) in [6, 6.07) is 1.55. The molecular formula is C13H16ClF2NO2. The lowest BCUT2D eigenvalue weighted by Crippen LogP contribution is -2.30. The van der Waals surface area contributed by atoms with Crippen LogP contribution < -0.4 is 5.32 Å². The Labute approximate surface area is 115 Å². The Balaban J connectivity index is 2.70. The van der Waals surface area contributed by atoms with Crippen molar-refractivity contribution >= 4 is 17.5 Å². The second-order valence-corrected chi connectivity index (χ2v) is 4.65. The summed E-state index contributed by atoms with van der Waals surface area (Å²) in [6.07, 6.45) is 1.37. The lowest BCUT2D eigenvalue weighted by atomic mass is 10.0. The lowest BCUT2D eigenvalue weighted by Gasteiger charge is -2.14. The number of amides is 1. The molecular weight excluding hydrogens is 276 g/mol. The van der Waals surface area contributed by atoms with Gasteiger partial charge in [0.05, 0.1) is 10.6 Å². The van der Waals surface area contributed by atoms with Gasteiger partial charge in [-0.05, 0) is 24.5 Å². The van der Waals surface area contributed by atoms with Crippen molar-refractivity contribution in [3.63, 3.8) is 0 Å². The molecule has 1 aromatic carbocycles. The van der Waals surface area contributed by atoms with Crippen LogP contribution in [0.2, 0.25) is 5.02 Å². The number of nitrogens with one attached hydrogen (secondary N) is 1. The fourth-order valence-corrected chi connectivity index (χ4v) is 1.90. The molecule has 19 heavy (non-hydrogen) atoms. The van der Waals surface area contributed by atoms with E-state index in [2.05, 4.69) is 5.32 Å². The zero-order valence-electron chi connectivity index (χ0n) is 10.5. The van der Waals surface area contributed by atoms with Crippen LogP contribution in [0.3, 0.4) is 0 Å². The van der Waals surface area contributed by atoms with Crippen molar-refractivity contribution in [2.45, 2.75) is 19.8 Å². The predicted octanol–water partition coefficient (Wildman–Crippen LogP) is 2.76. The van der Waals surface area contributed by atoms with Gasteiger partial charge in [-0.15, -0.1) is 0 Å². The number of benzene rings is 1. The van der Waals surface area contributed by atoms with Crippen molar-refractivity contribution in [2.75, 3.05) is 13.2 Å². The predicted molar refractivity (Wildman–Crippen MR) is 69.2 cm³/mol. The molecule has 0 aromatic heterocycles. The van der Waals surface area contributed by atoms with E-state index < -0.39 is 17.5 Å². The van der Waals surface area contributed by atoms with Crippen molar-refractivity contribution in [2.24, 2.45) is 5.92 Å². The molecule has 0 spiro atoms. The second kappa shape index (κ2) is 7.40. The Morgan fingerprint density at radius 1 is 1.42 bits per heavy atom. The van der Waals surface area contributed by atoms with Gasteiger partial charge in [-0.2, -0.15) is 0 Å². The van der Waals surface area contributed by atoms with Gasteiger partial charge in [0.2, 0.25) is 0 Å². The third kappa shape index (κ3) is 4.44. The van der Waals surface area contributed by atoms with E-state index in [4.69, 9.17) is 16.7 Å². The number of carbonyl (C=O) groups is 1. The zero-order valence-corrected chi connectivity index (χ0v) is 11.3. The molecule has 0 fully saturated rings.